The molecule has 9 rings (SSSR count). The number of benzene rings is 6. The highest BCUT2D eigenvalue weighted by Crippen LogP contribution is 2.36. The molecule has 0 saturated carbocycles. The first kappa shape index (κ1) is 35.2. The summed E-state index contributed by atoms with van der Waals surface area (Å²) in [5, 5.41) is 3.64. The van der Waals surface area contributed by atoms with E-state index in [1.54, 1.807) is 6.08 Å². The van der Waals surface area contributed by atoms with E-state index in [2.05, 4.69) is 161 Å². The monoisotopic (exact) mass is 735 g/mol. The number of aliphatic imine (C=N–C) groups is 1. The zero-order chi connectivity index (χ0) is 38.7. The van der Waals surface area contributed by atoms with Crippen molar-refractivity contribution in [3.8, 4) is 22.5 Å². The lowest BCUT2D eigenvalue weighted by atomic mass is 9.98. The molecule has 0 unspecified atom stereocenters. The maximum absolute atomic E-state index is 6.69. The van der Waals surface area contributed by atoms with Crippen molar-refractivity contribution in [1.29, 1.82) is 0 Å². The first-order valence-electron chi connectivity index (χ1n) is 19.2. The van der Waals surface area contributed by atoms with Gasteiger partial charge in [0.25, 0.3) is 0 Å². The Morgan fingerprint density at radius 1 is 0.667 bits per heavy atom. The molecule has 274 valence electrons. The highest BCUT2D eigenvalue weighted by Gasteiger charge is 2.18. The second kappa shape index (κ2) is 15.3. The third kappa shape index (κ3) is 6.77. The van der Waals surface area contributed by atoms with E-state index in [9.17, 15) is 0 Å². The Morgan fingerprint density at radius 2 is 1.40 bits per heavy atom. The Hall–Kier alpha value is -7.50. The number of fused-ring (bicyclic) bond motifs is 4. The van der Waals surface area contributed by atoms with Crippen molar-refractivity contribution < 1.29 is 0 Å². The molecule has 0 aliphatic heterocycles. The van der Waals surface area contributed by atoms with E-state index < -0.39 is 0 Å². The number of nitrogens with zero attached hydrogens (tertiary/aromatic N) is 4. The molecular weight excluding hydrogens is 695 g/mol. The third-order valence-electron chi connectivity index (χ3n) is 10.4. The summed E-state index contributed by atoms with van der Waals surface area (Å²) in [5.74, 6) is 0. The minimum atomic E-state index is 0.423. The second-order valence-corrected chi connectivity index (χ2v) is 14.1. The number of hydrogen-bond donors (Lipinski definition) is 1. The van der Waals surface area contributed by atoms with Crippen LogP contribution in [0.2, 0.25) is 0 Å². The summed E-state index contributed by atoms with van der Waals surface area (Å²) in [6.07, 6.45) is 10.0. The molecule has 5 heteroatoms. The standard InChI is InChI=1S/C52H41N5/c1-3-16-38(17-4-2)47-32-40(37-19-7-5-8-20-37)33-48(55-47)52(44-25-11-13-26-46(44)53)54-35-36-18-15-23-42(30-36)57-49-27-14-12-24-43(49)45-31-39-28-29-56(50(39)34-51(45)57)41-21-9-6-10-22-41/h3-34H,1,35,53H2,2H3/b17-4-,38-16+,54-52?. The Bertz CT molecular complexity index is 3010. The first-order valence-corrected chi connectivity index (χ1v) is 19.2. The number of pyridine rings is 1. The summed E-state index contributed by atoms with van der Waals surface area (Å²) < 4.78 is 4.64. The summed E-state index contributed by atoms with van der Waals surface area (Å²) in [5.41, 5.74) is 20.3. The summed E-state index contributed by atoms with van der Waals surface area (Å²) >= 11 is 0. The molecular formula is C52H41N5. The van der Waals surface area contributed by atoms with Gasteiger partial charge >= 0.3 is 0 Å². The molecule has 0 radical (unpaired) electrons. The predicted molar refractivity (Wildman–Crippen MR) is 240 cm³/mol. The van der Waals surface area contributed by atoms with E-state index in [-0.39, 0.29) is 0 Å². The second-order valence-electron chi connectivity index (χ2n) is 14.1. The fourth-order valence-corrected chi connectivity index (χ4v) is 7.80. The van der Waals surface area contributed by atoms with Gasteiger partial charge in [0.1, 0.15) is 0 Å². The molecule has 0 atom stereocenters. The van der Waals surface area contributed by atoms with Crippen LogP contribution in [0.25, 0.3) is 60.8 Å². The topological polar surface area (TPSA) is 61.1 Å². The normalized spacial score (nSPS) is 12.3. The fraction of sp³-hybridized carbons (Fsp3) is 0.0385. The molecule has 0 saturated heterocycles. The van der Waals surface area contributed by atoms with Crippen LogP contribution >= 0.6 is 0 Å². The van der Waals surface area contributed by atoms with Crippen LogP contribution in [-0.2, 0) is 6.54 Å². The molecule has 5 nitrogen and oxygen atoms in total. The Balaban J connectivity index is 1.19. The van der Waals surface area contributed by atoms with Crippen molar-refractivity contribution in [2.45, 2.75) is 13.5 Å². The van der Waals surface area contributed by atoms with E-state index in [4.69, 9.17) is 15.7 Å². The highest BCUT2D eigenvalue weighted by molar-refractivity contribution is 6.15. The van der Waals surface area contributed by atoms with Crippen molar-refractivity contribution in [1.82, 2.24) is 14.1 Å². The van der Waals surface area contributed by atoms with Gasteiger partial charge in [-0.1, -0.05) is 128 Å². The average molecular weight is 736 g/mol. The molecule has 3 heterocycles. The van der Waals surface area contributed by atoms with Crippen LogP contribution in [0.1, 0.15) is 29.4 Å². The zero-order valence-electron chi connectivity index (χ0n) is 31.8. The Morgan fingerprint density at radius 3 is 2.21 bits per heavy atom. The van der Waals surface area contributed by atoms with E-state index >= 15 is 0 Å². The number of nitrogens with two attached hydrogens (primary N) is 1. The van der Waals surface area contributed by atoms with Gasteiger partial charge in [0.05, 0.1) is 40.2 Å². The van der Waals surface area contributed by atoms with Gasteiger partial charge in [0, 0.05) is 45.0 Å². The Labute approximate surface area is 332 Å². The zero-order valence-corrected chi connectivity index (χ0v) is 31.8. The molecule has 0 spiro atoms. The summed E-state index contributed by atoms with van der Waals surface area (Å²) in [6.45, 7) is 6.40. The number of rotatable bonds is 10. The number of hydrogen-bond acceptors (Lipinski definition) is 3. The number of allylic oxidation sites excluding steroid dienone is 5. The lowest BCUT2D eigenvalue weighted by Crippen LogP contribution is -2.11. The first-order chi connectivity index (χ1) is 28.1. The van der Waals surface area contributed by atoms with Gasteiger partial charge in [-0.15, -0.1) is 0 Å². The molecule has 3 aromatic heterocycles. The summed E-state index contributed by atoms with van der Waals surface area (Å²) in [6, 6.07) is 57.2. The van der Waals surface area contributed by atoms with Gasteiger partial charge in [-0.25, -0.2) is 4.98 Å². The SMILES string of the molecule is C=C/C=C(\C=C/C)c1cc(-c2ccccc2)cc(C(=NCc2cccc(-n3c4ccccc4c4cc5ccn(-c6ccccc6)c5cc43)c2)c2ccccc2N)n1. The summed E-state index contributed by atoms with van der Waals surface area (Å²) in [4.78, 5) is 10.6. The fourth-order valence-electron chi connectivity index (χ4n) is 7.80. The highest BCUT2D eigenvalue weighted by atomic mass is 15.0. The maximum atomic E-state index is 6.69. The van der Waals surface area contributed by atoms with Gasteiger partial charge in [-0.2, -0.15) is 0 Å². The maximum Gasteiger partial charge on any atom is 0.0928 e. The molecule has 0 fully saturated rings. The number of anilines is 1. The summed E-state index contributed by atoms with van der Waals surface area (Å²) in [7, 11) is 0. The van der Waals surface area contributed by atoms with E-state index in [1.165, 1.54) is 16.2 Å². The average Bonchev–Trinajstić information content (AvgIpc) is 3.82. The molecule has 0 aliphatic rings. The van der Waals surface area contributed by atoms with Gasteiger partial charge in [0.15, 0.2) is 0 Å². The quantitative estimate of drug-likeness (QED) is 0.0863. The van der Waals surface area contributed by atoms with Crippen LogP contribution in [0.3, 0.4) is 0 Å². The minimum absolute atomic E-state index is 0.423. The largest absolute Gasteiger partial charge is 0.398 e. The predicted octanol–water partition coefficient (Wildman–Crippen LogP) is 12.6. The van der Waals surface area contributed by atoms with E-state index in [1.807, 2.05) is 49.4 Å². The van der Waals surface area contributed by atoms with Crippen LogP contribution in [0.15, 0.2) is 206 Å². The molecule has 0 amide bonds. The van der Waals surface area contributed by atoms with E-state index in [0.717, 1.165) is 72.9 Å². The van der Waals surface area contributed by atoms with Crippen molar-refractivity contribution in [2.24, 2.45) is 4.99 Å². The minimum Gasteiger partial charge on any atom is -0.398 e. The van der Waals surface area contributed by atoms with Crippen LogP contribution in [0.4, 0.5) is 5.69 Å². The van der Waals surface area contributed by atoms with Gasteiger partial charge in [0.2, 0.25) is 0 Å². The number of para-hydroxylation sites is 3. The lowest BCUT2D eigenvalue weighted by molar-refractivity contribution is 1.05. The Kier molecular flexibility index (Phi) is 9.47. The van der Waals surface area contributed by atoms with Crippen LogP contribution in [-0.4, -0.2) is 19.8 Å². The smallest absolute Gasteiger partial charge is 0.0928 e. The van der Waals surface area contributed by atoms with Crippen LogP contribution in [0.5, 0.6) is 0 Å². The van der Waals surface area contributed by atoms with E-state index in [0.29, 0.717) is 12.2 Å². The number of nitrogen functional groups attached to an aromatic ring is 1. The van der Waals surface area contributed by atoms with Crippen LogP contribution < -0.4 is 5.73 Å². The lowest BCUT2D eigenvalue weighted by Gasteiger charge is -2.15. The molecule has 9 aromatic rings. The van der Waals surface area contributed by atoms with Gasteiger partial charge < -0.3 is 14.9 Å². The molecule has 6 aromatic carbocycles. The van der Waals surface area contributed by atoms with Gasteiger partial charge in [-0.3, -0.25) is 4.99 Å². The van der Waals surface area contributed by atoms with Crippen molar-refractivity contribution in [3.63, 3.8) is 0 Å². The molecule has 0 aliphatic carbocycles. The van der Waals surface area contributed by atoms with Crippen molar-refractivity contribution in [3.05, 3.63) is 223 Å². The number of aromatic nitrogens is 3. The molecule has 0 bridgehead atoms. The molecule has 2 N–H and O–H groups in total. The van der Waals surface area contributed by atoms with Crippen LogP contribution in [0, 0.1) is 0 Å². The van der Waals surface area contributed by atoms with Gasteiger partial charge in [-0.05, 0) is 95.9 Å². The van der Waals surface area contributed by atoms with Crippen molar-refractivity contribution in [2.75, 3.05) is 5.73 Å². The third-order valence-corrected chi connectivity index (χ3v) is 10.4. The van der Waals surface area contributed by atoms with Crippen molar-refractivity contribution >= 4 is 49.7 Å². The molecule has 57 heavy (non-hydrogen) atoms.